The van der Waals surface area contributed by atoms with Gasteiger partial charge in [0.1, 0.15) is 9.63 Å². The van der Waals surface area contributed by atoms with Gasteiger partial charge in [-0.3, -0.25) is 9.79 Å². The fraction of sp³-hybridized carbons (Fsp3) is 0.385. The van der Waals surface area contributed by atoms with Crippen LogP contribution in [0.25, 0.3) is 0 Å². The van der Waals surface area contributed by atoms with Crippen LogP contribution in [0, 0.1) is 0 Å². The first-order valence-corrected chi connectivity index (χ1v) is 7.65. The molecule has 0 aromatic heterocycles. The third-order valence-electron chi connectivity index (χ3n) is 2.54. The summed E-state index contributed by atoms with van der Waals surface area (Å²) in [6.45, 7) is 0.866. The SMILES string of the molecule is CN(C)C(=O)[C@H](SC1=NCCS1)c1ccccc1. The summed E-state index contributed by atoms with van der Waals surface area (Å²) in [5, 5.41) is -0.189. The van der Waals surface area contributed by atoms with Crippen molar-refractivity contribution in [2.75, 3.05) is 26.4 Å². The molecule has 2 rings (SSSR count). The molecule has 3 nitrogen and oxygen atoms in total. The van der Waals surface area contributed by atoms with Crippen LogP contribution < -0.4 is 0 Å². The Hall–Kier alpha value is -0.940. The summed E-state index contributed by atoms with van der Waals surface area (Å²) in [6, 6.07) is 9.90. The van der Waals surface area contributed by atoms with E-state index < -0.39 is 0 Å². The van der Waals surface area contributed by atoms with E-state index in [2.05, 4.69) is 4.99 Å². The molecule has 0 saturated carbocycles. The fourth-order valence-electron chi connectivity index (χ4n) is 1.61. The van der Waals surface area contributed by atoms with Gasteiger partial charge >= 0.3 is 0 Å². The Balaban J connectivity index is 2.20. The monoisotopic (exact) mass is 280 g/mol. The van der Waals surface area contributed by atoms with Crippen molar-refractivity contribution >= 4 is 33.8 Å². The quantitative estimate of drug-likeness (QED) is 0.853. The molecule has 1 aliphatic heterocycles. The predicted octanol–water partition coefficient (Wildman–Crippen LogP) is 2.65. The standard InChI is InChI=1S/C13H16N2OS2/c1-15(2)12(16)11(10-6-4-3-5-7-10)18-13-14-8-9-17-13/h3-7,11H,8-9H2,1-2H3/t11-/m1/s1. The number of carbonyl (C=O) groups is 1. The molecular weight excluding hydrogens is 264 g/mol. The minimum Gasteiger partial charge on any atom is -0.348 e. The molecular formula is C13H16N2OS2. The highest BCUT2D eigenvalue weighted by atomic mass is 32.2. The van der Waals surface area contributed by atoms with Crippen molar-refractivity contribution in [1.82, 2.24) is 4.90 Å². The molecule has 1 aromatic carbocycles. The third-order valence-corrected chi connectivity index (χ3v) is 4.99. The Morgan fingerprint density at radius 1 is 1.39 bits per heavy atom. The van der Waals surface area contributed by atoms with Crippen LogP contribution >= 0.6 is 23.5 Å². The van der Waals surface area contributed by atoms with E-state index >= 15 is 0 Å². The van der Waals surface area contributed by atoms with Gasteiger partial charge in [0, 0.05) is 19.8 Å². The zero-order chi connectivity index (χ0) is 13.0. The van der Waals surface area contributed by atoms with E-state index in [0.29, 0.717) is 0 Å². The Morgan fingerprint density at radius 2 is 2.11 bits per heavy atom. The van der Waals surface area contributed by atoms with Crippen molar-refractivity contribution in [3.8, 4) is 0 Å². The van der Waals surface area contributed by atoms with E-state index in [0.717, 1.165) is 22.2 Å². The van der Waals surface area contributed by atoms with Crippen LogP contribution in [0.2, 0.25) is 0 Å². The summed E-state index contributed by atoms with van der Waals surface area (Å²) >= 11 is 3.30. The second-order valence-corrected chi connectivity index (χ2v) is 6.57. The molecule has 96 valence electrons. The molecule has 0 unspecified atom stereocenters. The predicted molar refractivity (Wildman–Crippen MR) is 80.2 cm³/mol. The lowest BCUT2D eigenvalue weighted by Crippen LogP contribution is -2.27. The van der Waals surface area contributed by atoms with Crippen LogP contribution in [0.1, 0.15) is 10.8 Å². The van der Waals surface area contributed by atoms with Gasteiger partial charge in [-0.05, 0) is 5.56 Å². The average Bonchev–Trinajstić information content (AvgIpc) is 2.89. The number of hydrogen-bond donors (Lipinski definition) is 0. The maximum atomic E-state index is 12.3. The van der Waals surface area contributed by atoms with Gasteiger partial charge in [0.25, 0.3) is 0 Å². The molecule has 5 heteroatoms. The Kier molecular flexibility index (Phi) is 4.72. The highest BCUT2D eigenvalue weighted by molar-refractivity contribution is 8.39. The van der Waals surface area contributed by atoms with Gasteiger partial charge < -0.3 is 4.90 Å². The van der Waals surface area contributed by atoms with Crippen molar-refractivity contribution in [2.24, 2.45) is 4.99 Å². The summed E-state index contributed by atoms with van der Waals surface area (Å²) in [5.41, 5.74) is 1.04. The van der Waals surface area contributed by atoms with Gasteiger partial charge in [-0.2, -0.15) is 0 Å². The molecule has 0 N–H and O–H groups in total. The van der Waals surface area contributed by atoms with Crippen LogP contribution in [-0.2, 0) is 4.79 Å². The van der Waals surface area contributed by atoms with Gasteiger partial charge in [-0.1, -0.05) is 53.9 Å². The van der Waals surface area contributed by atoms with Crippen molar-refractivity contribution in [3.05, 3.63) is 35.9 Å². The molecule has 1 atom stereocenters. The molecule has 1 aliphatic rings. The molecule has 0 fully saturated rings. The van der Waals surface area contributed by atoms with Crippen LogP contribution in [0.3, 0.4) is 0 Å². The van der Waals surface area contributed by atoms with Crippen LogP contribution in [0.5, 0.6) is 0 Å². The number of nitrogens with zero attached hydrogens (tertiary/aromatic N) is 2. The lowest BCUT2D eigenvalue weighted by Gasteiger charge is -2.20. The number of hydrogen-bond acceptors (Lipinski definition) is 4. The maximum absolute atomic E-state index is 12.3. The Morgan fingerprint density at radius 3 is 2.67 bits per heavy atom. The number of amides is 1. The molecule has 0 aliphatic carbocycles. The largest absolute Gasteiger partial charge is 0.348 e. The first kappa shape index (κ1) is 13.5. The summed E-state index contributed by atoms with van der Waals surface area (Å²) in [7, 11) is 3.59. The minimum absolute atomic E-state index is 0.112. The van der Waals surface area contributed by atoms with Crippen LogP contribution in [-0.4, -0.2) is 41.6 Å². The Labute approximate surface area is 116 Å². The normalized spacial score (nSPS) is 16.2. The zero-order valence-corrected chi connectivity index (χ0v) is 12.1. The lowest BCUT2D eigenvalue weighted by molar-refractivity contribution is -0.128. The van der Waals surface area contributed by atoms with Gasteiger partial charge in [-0.25, -0.2) is 0 Å². The highest BCUT2D eigenvalue weighted by Crippen LogP contribution is 2.36. The van der Waals surface area contributed by atoms with E-state index in [-0.39, 0.29) is 11.2 Å². The molecule has 0 saturated heterocycles. The first-order chi connectivity index (χ1) is 8.68. The fourth-order valence-corrected chi connectivity index (χ4v) is 3.93. The molecule has 18 heavy (non-hydrogen) atoms. The van der Waals surface area contributed by atoms with E-state index in [1.54, 1.807) is 42.5 Å². The number of rotatable bonds is 3. The van der Waals surface area contributed by atoms with Crippen molar-refractivity contribution in [1.29, 1.82) is 0 Å². The van der Waals surface area contributed by atoms with E-state index in [1.807, 2.05) is 30.3 Å². The number of carbonyl (C=O) groups excluding carboxylic acids is 1. The number of thioether (sulfide) groups is 2. The van der Waals surface area contributed by atoms with Gasteiger partial charge in [0.05, 0.1) is 6.54 Å². The van der Waals surface area contributed by atoms with Gasteiger partial charge in [0.15, 0.2) is 0 Å². The van der Waals surface area contributed by atoms with Crippen LogP contribution in [0.15, 0.2) is 35.3 Å². The summed E-state index contributed by atoms with van der Waals surface area (Å²) in [4.78, 5) is 18.3. The minimum atomic E-state index is -0.189. The number of likely N-dealkylation sites (N-methyl/N-ethyl adjacent to an activating group) is 1. The highest BCUT2D eigenvalue weighted by Gasteiger charge is 2.26. The first-order valence-electron chi connectivity index (χ1n) is 5.78. The van der Waals surface area contributed by atoms with E-state index in [1.165, 1.54) is 0 Å². The van der Waals surface area contributed by atoms with Crippen molar-refractivity contribution in [2.45, 2.75) is 5.25 Å². The van der Waals surface area contributed by atoms with Gasteiger partial charge in [-0.15, -0.1) is 0 Å². The molecule has 0 bridgehead atoms. The maximum Gasteiger partial charge on any atom is 0.240 e. The van der Waals surface area contributed by atoms with Crippen LogP contribution in [0.4, 0.5) is 0 Å². The molecule has 1 heterocycles. The zero-order valence-electron chi connectivity index (χ0n) is 10.5. The average molecular weight is 280 g/mol. The second-order valence-electron chi connectivity index (χ2n) is 4.14. The van der Waals surface area contributed by atoms with Crippen molar-refractivity contribution < 1.29 is 4.79 Å². The molecule has 1 aromatic rings. The summed E-state index contributed by atoms with van der Waals surface area (Å²) < 4.78 is 1.03. The molecule has 1 amide bonds. The molecule has 0 spiro atoms. The smallest absolute Gasteiger partial charge is 0.240 e. The number of benzene rings is 1. The lowest BCUT2D eigenvalue weighted by atomic mass is 10.1. The van der Waals surface area contributed by atoms with E-state index in [9.17, 15) is 4.79 Å². The van der Waals surface area contributed by atoms with Gasteiger partial charge in [0.2, 0.25) is 5.91 Å². The second kappa shape index (κ2) is 6.29. The molecule has 0 radical (unpaired) electrons. The summed E-state index contributed by atoms with van der Waals surface area (Å²) in [6.07, 6.45) is 0. The van der Waals surface area contributed by atoms with Crippen molar-refractivity contribution in [3.63, 3.8) is 0 Å². The topological polar surface area (TPSA) is 32.7 Å². The summed E-state index contributed by atoms with van der Waals surface area (Å²) in [5.74, 6) is 1.14. The van der Waals surface area contributed by atoms with E-state index in [4.69, 9.17) is 0 Å². The third kappa shape index (κ3) is 3.29. The number of aliphatic imine (C=N–C) groups is 1. The Bertz CT molecular complexity index is 446.